The molecule has 31 heavy (non-hydrogen) atoms. The van der Waals surface area contributed by atoms with Crippen LogP contribution >= 0.6 is 0 Å². The Morgan fingerprint density at radius 1 is 1.16 bits per heavy atom. The van der Waals surface area contributed by atoms with E-state index in [1.54, 1.807) is 13.1 Å². The molecule has 0 fully saturated rings. The molecule has 0 atom stereocenters. The molecule has 7 heteroatoms. The lowest BCUT2D eigenvalue weighted by atomic mass is 10.2. The molecule has 0 saturated carbocycles. The third kappa shape index (κ3) is 4.77. The molecular weight excluding hydrogens is 394 g/mol. The van der Waals surface area contributed by atoms with Crippen LogP contribution in [0.15, 0.2) is 59.3 Å². The number of carbonyl (C=O) groups excluding carboxylic acids is 1. The van der Waals surface area contributed by atoms with Crippen LogP contribution < -0.4 is 4.74 Å². The number of carbonyl (C=O) groups is 1. The Labute approximate surface area is 180 Å². The number of pyridine rings is 1. The lowest BCUT2D eigenvalue weighted by Crippen LogP contribution is -2.08. The molecule has 0 aliphatic rings. The van der Waals surface area contributed by atoms with Gasteiger partial charge in [0.05, 0.1) is 30.7 Å². The predicted octanol–water partition coefficient (Wildman–Crippen LogP) is 4.57. The first-order valence-electron chi connectivity index (χ1n) is 10.4. The topological polar surface area (TPSA) is 79.4 Å². The van der Waals surface area contributed by atoms with Crippen LogP contribution in [0.3, 0.4) is 0 Å². The first-order valence-corrected chi connectivity index (χ1v) is 10.4. The number of rotatable bonds is 9. The average molecular weight is 419 g/mol. The molecule has 0 N–H and O–H groups in total. The second-order valence-corrected chi connectivity index (χ2v) is 7.10. The molecular formula is C24H25N3O4. The predicted molar refractivity (Wildman–Crippen MR) is 117 cm³/mol. The second kappa shape index (κ2) is 9.47. The number of aromatic nitrogens is 3. The second-order valence-electron chi connectivity index (χ2n) is 7.10. The molecule has 0 bridgehead atoms. The number of benzene rings is 1. The van der Waals surface area contributed by atoms with E-state index in [9.17, 15) is 4.79 Å². The molecule has 3 aromatic heterocycles. The van der Waals surface area contributed by atoms with Crippen molar-refractivity contribution in [2.45, 2.75) is 33.2 Å². The summed E-state index contributed by atoms with van der Waals surface area (Å²) in [6, 6.07) is 13.7. The van der Waals surface area contributed by atoms with Gasteiger partial charge in [0.15, 0.2) is 0 Å². The van der Waals surface area contributed by atoms with Gasteiger partial charge in [-0.05, 0) is 38.1 Å². The molecule has 0 aliphatic carbocycles. The summed E-state index contributed by atoms with van der Waals surface area (Å²) >= 11 is 0. The fourth-order valence-electron chi connectivity index (χ4n) is 3.44. The van der Waals surface area contributed by atoms with Crippen LogP contribution in [0, 0.1) is 6.92 Å². The fourth-order valence-corrected chi connectivity index (χ4v) is 3.44. The summed E-state index contributed by atoms with van der Waals surface area (Å²) in [5, 5.41) is 0.910. The van der Waals surface area contributed by atoms with Crippen molar-refractivity contribution in [2.75, 3.05) is 13.2 Å². The van der Waals surface area contributed by atoms with Crippen LogP contribution in [0.5, 0.6) is 5.75 Å². The smallest absolute Gasteiger partial charge is 0.307 e. The first-order chi connectivity index (χ1) is 15.2. The highest BCUT2D eigenvalue weighted by molar-refractivity contribution is 5.83. The van der Waals surface area contributed by atoms with E-state index < -0.39 is 0 Å². The zero-order chi connectivity index (χ0) is 21.6. The summed E-state index contributed by atoms with van der Waals surface area (Å²) in [6.07, 6.45) is 4.57. The number of esters is 1. The Hall–Kier alpha value is -3.61. The molecule has 1 aromatic carbocycles. The van der Waals surface area contributed by atoms with Gasteiger partial charge < -0.3 is 18.5 Å². The van der Waals surface area contributed by atoms with Crippen molar-refractivity contribution >= 4 is 17.0 Å². The van der Waals surface area contributed by atoms with Gasteiger partial charge in [-0.25, -0.2) is 9.97 Å². The van der Waals surface area contributed by atoms with Crippen molar-refractivity contribution in [2.24, 2.45) is 0 Å². The molecule has 0 spiro atoms. The molecule has 4 aromatic rings. The quantitative estimate of drug-likeness (QED) is 0.370. The fraction of sp³-hybridized carbons (Fsp3) is 0.292. The summed E-state index contributed by atoms with van der Waals surface area (Å²) in [5.74, 6) is 1.96. The van der Waals surface area contributed by atoms with Crippen molar-refractivity contribution in [1.29, 1.82) is 0 Å². The SMILES string of the molecule is CCOC(=O)CCn1ccc2c(OCCc3nc(-c4ccccc4)oc3C)ccnc21. The summed E-state index contributed by atoms with van der Waals surface area (Å²) in [5.41, 5.74) is 2.62. The Balaban J connectivity index is 1.41. The van der Waals surface area contributed by atoms with E-state index >= 15 is 0 Å². The van der Waals surface area contributed by atoms with Gasteiger partial charge in [0.25, 0.3) is 0 Å². The normalized spacial score (nSPS) is 11.0. The Bertz CT molecular complexity index is 1160. The third-order valence-corrected chi connectivity index (χ3v) is 4.99. The van der Waals surface area contributed by atoms with Crippen LogP contribution in [-0.4, -0.2) is 33.7 Å². The first kappa shape index (κ1) is 20.7. The third-order valence-electron chi connectivity index (χ3n) is 4.99. The zero-order valence-electron chi connectivity index (χ0n) is 17.7. The van der Waals surface area contributed by atoms with Crippen LogP contribution in [-0.2, 0) is 22.5 Å². The number of hydrogen-bond acceptors (Lipinski definition) is 6. The Morgan fingerprint density at radius 2 is 2.00 bits per heavy atom. The lowest BCUT2D eigenvalue weighted by molar-refractivity contribution is -0.143. The highest BCUT2D eigenvalue weighted by Crippen LogP contribution is 2.26. The van der Waals surface area contributed by atoms with Crippen LogP contribution in [0.4, 0.5) is 0 Å². The minimum Gasteiger partial charge on any atom is -0.492 e. The molecule has 3 heterocycles. The van der Waals surface area contributed by atoms with Crippen LogP contribution in [0.2, 0.25) is 0 Å². The van der Waals surface area contributed by atoms with Crippen molar-refractivity contribution in [3.05, 3.63) is 66.3 Å². The van der Waals surface area contributed by atoms with Gasteiger partial charge in [0.1, 0.15) is 17.2 Å². The molecule has 7 nitrogen and oxygen atoms in total. The summed E-state index contributed by atoms with van der Waals surface area (Å²) < 4.78 is 18.8. The van der Waals surface area contributed by atoms with Gasteiger partial charge >= 0.3 is 5.97 Å². The van der Waals surface area contributed by atoms with E-state index in [0.717, 1.165) is 33.8 Å². The summed E-state index contributed by atoms with van der Waals surface area (Å²) in [6.45, 7) is 5.09. The molecule has 4 rings (SSSR count). The van der Waals surface area contributed by atoms with Gasteiger partial charge in [0.2, 0.25) is 5.89 Å². The van der Waals surface area contributed by atoms with Gasteiger partial charge in [-0.15, -0.1) is 0 Å². The monoisotopic (exact) mass is 419 g/mol. The highest BCUT2D eigenvalue weighted by atomic mass is 16.5. The summed E-state index contributed by atoms with van der Waals surface area (Å²) in [4.78, 5) is 20.7. The van der Waals surface area contributed by atoms with Gasteiger partial charge in [0, 0.05) is 30.9 Å². The minimum absolute atomic E-state index is 0.213. The number of nitrogens with zero attached hydrogens (tertiary/aromatic N) is 3. The average Bonchev–Trinajstić information content (AvgIpc) is 3.37. The Morgan fingerprint density at radius 3 is 2.81 bits per heavy atom. The lowest BCUT2D eigenvalue weighted by Gasteiger charge is -2.08. The van der Waals surface area contributed by atoms with E-state index in [4.69, 9.17) is 13.9 Å². The molecule has 0 amide bonds. The van der Waals surface area contributed by atoms with Crippen LogP contribution in [0.25, 0.3) is 22.5 Å². The van der Waals surface area contributed by atoms with E-state index in [1.165, 1.54) is 0 Å². The van der Waals surface area contributed by atoms with E-state index in [1.807, 2.05) is 60.2 Å². The highest BCUT2D eigenvalue weighted by Gasteiger charge is 2.13. The maximum atomic E-state index is 11.6. The number of ether oxygens (including phenoxy) is 2. The Kier molecular flexibility index (Phi) is 6.31. The molecule has 0 radical (unpaired) electrons. The summed E-state index contributed by atoms with van der Waals surface area (Å²) in [7, 11) is 0. The minimum atomic E-state index is -0.213. The number of fused-ring (bicyclic) bond motifs is 1. The number of oxazole rings is 1. The van der Waals surface area contributed by atoms with E-state index in [-0.39, 0.29) is 5.97 Å². The van der Waals surface area contributed by atoms with Gasteiger partial charge in [-0.3, -0.25) is 4.79 Å². The van der Waals surface area contributed by atoms with Crippen LogP contribution in [0.1, 0.15) is 24.8 Å². The van der Waals surface area contributed by atoms with Crippen molar-refractivity contribution in [3.63, 3.8) is 0 Å². The zero-order valence-corrected chi connectivity index (χ0v) is 17.7. The van der Waals surface area contributed by atoms with Crippen molar-refractivity contribution < 1.29 is 18.7 Å². The van der Waals surface area contributed by atoms with Crippen molar-refractivity contribution in [1.82, 2.24) is 14.5 Å². The molecule has 0 saturated heterocycles. The largest absolute Gasteiger partial charge is 0.492 e. The van der Waals surface area contributed by atoms with E-state index in [0.29, 0.717) is 38.5 Å². The molecule has 160 valence electrons. The van der Waals surface area contributed by atoms with Gasteiger partial charge in [-0.2, -0.15) is 0 Å². The maximum absolute atomic E-state index is 11.6. The number of aryl methyl sites for hydroxylation is 2. The molecule has 0 aliphatic heterocycles. The van der Waals surface area contributed by atoms with Gasteiger partial charge in [-0.1, -0.05) is 18.2 Å². The standard InChI is InChI=1S/C24H25N3O4/c1-3-29-22(28)11-15-27-14-10-19-21(9-13-25-23(19)27)30-16-12-20-17(2)31-24(26-20)18-7-5-4-6-8-18/h4-10,13-14H,3,11-12,15-16H2,1-2H3. The maximum Gasteiger partial charge on any atom is 0.307 e. The number of hydrogen-bond donors (Lipinski definition) is 0. The van der Waals surface area contributed by atoms with E-state index in [2.05, 4.69) is 9.97 Å². The van der Waals surface area contributed by atoms with Crippen molar-refractivity contribution in [3.8, 4) is 17.2 Å². The molecule has 0 unspecified atom stereocenters.